The first kappa shape index (κ1) is 20.3. The third kappa shape index (κ3) is 5.09. The molecular formula is C19H17F3N2O5. The van der Waals surface area contributed by atoms with Crippen LogP contribution in [0.15, 0.2) is 47.6 Å². The Morgan fingerprint density at radius 2 is 1.79 bits per heavy atom. The highest BCUT2D eigenvalue weighted by Gasteiger charge is 2.31. The molecule has 2 aromatic carbocycles. The van der Waals surface area contributed by atoms with Crippen molar-refractivity contribution in [3.63, 3.8) is 0 Å². The molecule has 3 rings (SSSR count). The van der Waals surface area contributed by atoms with Crippen molar-refractivity contribution in [3.8, 4) is 17.2 Å². The number of anilines is 1. The third-order valence-electron chi connectivity index (χ3n) is 4.03. The normalized spacial score (nSPS) is 15.9. The van der Waals surface area contributed by atoms with Gasteiger partial charge in [0.25, 0.3) is 5.91 Å². The third-order valence-corrected chi connectivity index (χ3v) is 4.03. The first-order valence-electron chi connectivity index (χ1n) is 8.41. The lowest BCUT2D eigenvalue weighted by molar-refractivity contribution is -0.274. The number of nitrogens with one attached hydrogen (secondary N) is 1. The number of rotatable bonds is 6. The van der Waals surface area contributed by atoms with Crippen LogP contribution >= 0.6 is 0 Å². The molecule has 2 aromatic rings. The number of hydrogen-bond donors (Lipinski definition) is 1. The quantitative estimate of drug-likeness (QED) is 0.785. The molecule has 0 fully saturated rings. The van der Waals surface area contributed by atoms with Crippen molar-refractivity contribution in [3.05, 3.63) is 48.0 Å². The van der Waals surface area contributed by atoms with Crippen molar-refractivity contribution >= 4 is 17.3 Å². The smallest absolute Gasteiger partial charge is 0.493 e. The fraction of sp³-hybridized carbons (Fsp3) is 0.263. The second-order valence-corrected chi connectivity index (χ2v) is 5.97. The van der Waals surface area contributed by atoms with E-state index in [4.69, 9.17) is 14.3 Å². The van der Waals surface area contributed by atoms with Gasteiger partial charge in [-0.05, 0) is 42.5 Å². The van der Waals surface area contributed by atoms with Crippen molar-refractivity contribution in [2.75, 3.05) is 19.5 Å². The van der Waals surface area contributed by atoms with Crippen LogP contribution in [0.2, 0.25) is 0 Å². The minimum Gasteiger partial charge on any atom is -0.493 e. The molecule has 0 saturated carbocycles. The van der Waals surface area contributed by atoms with Gasteiger partial charge in [0.05, 0.1) is 19.9 Å². The molecule has 0 bridgehead atoms. The Hall–Kier alpha value is -3.43. The molecule has 0 aliphatic carbocycles. The van der Waals surface area contributed by atoms with Crippen LogP contribution in [0.4, 0.5) is 18.9 Å². The molecule has 0 unspecified atom stereocenters. The molecule has 29 heavy (non-hydrogen) atoms. The van der Waals surface area contributed by atoms with E-state index in [1.807, 2.05) is 0 Å². The molecule has 1 heterocycles. The lowest BCUT2D eigenvalue weighted by atomic mass is 10.0. The minimum absolute atomic E-state index is 0.219. The summed E-state index contributed by atoms with van der Waals surface area (Å²) in [5.74, 6) is 0.213. The van der Waals surface area contributed by atoms with E-state index < -0.39 is 18.4 Å². The lowest BCUT2D eigenvalue weighted by Gasteiger charge is -2.12. The summed E-state index contributed by atoms with van der Waals surface area (Å²) in [7, 11) is 3.03. The summed E-state index contributed by atoms with van der Waals surface area (Å²) in [6.45, 7) is 0. The molecule has 154 valence electrons. The number of carbonyl (C=O) groups excluding carboxylic acids is 1. The average molecular weight is 410 g/mol. The number of amides is 1. The monoisotopic (exact) mass is 410 g/mol. The zero-order valence-corrected chi connectivity index (χ0v) is 15.4. The van der Waals surface area contributed by atoms with Crippen LogP contribution in [-0.4, -0.2) is 38.3 Å². The van der Waals surface area contributed by atoms with E-state index in [0.717, 1.165) is 12.1 Å². The molecule has 1 N–H and O–H groups in total. The Morgan fingerprint density at radius 3 is 2.41 bits per heavy atom. The summed E-state index contributed by atoms with van der Waals surface area (Å²) in [6.07, 6.45) is -5.43. The number of hydrogen-bond acceptors (Lipinski definition) is 6. The SMILES string of the molecule is COc1ccc(C2=NO[C@H](C(=O)Nc3ccc(OC(F)(F)F)cc3)C2)cc1OC. The molecule has 0 saturated heterocycles. The van der Waals surface area contributed by atoms with Gasteiger partial charge in [0.15, 0.2) is 11.5 Å². The molecule has 1 amide bonds. The number of carbonyl (C=O) groups is 1. The van der Waals surface area contributed by atoms with Crippen LogP contribution in [-0.2, 0) is 9.63 Å². The molecule has 1 aliphatic rings. The second-order valence-electron chi connectivity index (χ2n) is 5.97. The number of benzene rings is 2. The Morgan fingerprint density at radius 1 is 1.10 bits per heavy atom. The minimum atomic E-state index is -4.78. The van der Waals surface area contributed by atoms with E-state index in [1.165, 1.54) is 26.4 Å². The van der Waals surface area contributed by atoms with Crippen LogP contribution in [0.5, 0.6) is 17.2 Å². The Bertz CT molecular complexity index is 913. The van der Waals surface area contributed by atoms with Gasteiger partial charge in [0, 0.05) is 17.7 Å². The zero-order chi connectivity index (χ0) is 21.0. The maximum absolute atomic E-state index is 12.4. The number of methoxy groups -OCH3 is 2. The van der Waals surface area contributed by atoms with Gasteiger partial charge in [0.2, 0.25) is 6.10 Å². The number of oxime groups is 1. The fourth-order valence-electron chi connectivity index (χ4n) is 2.67. The molecule has 0 radical (unpaired) electrons. The van der Waals surface area contributed by atoms with Crippen LogP contribution < -0.4 is 19.5 Å². The molecule has 7 nitrogen and oxygen atoms in total. The van der Waals surface area contributed by atoms with Crippen molar-refractivity contribution in [2.45, 2.75) is 18.9 Å². The van der Waals surface area contributed by atoms with Gasteiger partial charge in [-0.15, -0.1) is 13.2 Å². The highest BCUT2D eigenvalue weighted by atomic mass is 19.4. The Labute approximate surface area is 164 Å². The van der Waals surface area contributed by atoms with Gasteiger partial charge in [-0.2, -0.15) is 0 Å². The molecule has 10 heteroatoms. The molecule has 1 atom stereocenters. The van der Waals surface area contributed by atoms with Crippen LogP contribution in [0.25, 0.3) is 0 Å². The van der Waals surface area contributed by atoms with E-state index in [0.29, 0.717) is 28.5 Å². The van der Waals surface area contributed by atoms with Crippen molar-refractivity contribution in [1.29, 1.82) is 0 Å². The van der Waals surface area contributed by atoms with E-state index in [2.05, 4.69) is 15.2 Å². The summed E-state index contributed by atoms with van der Waals surface area (Å²) < 4.78 is 50.8. The van der Waals surface area contributed by atoms with Gasteiger partial charge < -0.3 is 24.4 Å². The topological polar surface area (TPSA) is 78.4 Å². The number of ether oxygens (including phenoxy) is 3. The van der Waals surface area contributed by atoms with Gasteiger partial charge in [-0.25, -0.2) is 0 Å². The van der Waals surface area contributed by atoms with E-state index in [-0.39, 0.29) is 12.2 Å². The fourth-order valence-corrected chi connectivity index (χ4v) is 2.67. The van der Waals surface area contributed by atoms with E-state index in [1.54, 1.807) is 18.2 Å². The standard InChI is InChI=1S/C19H17F3N2O5/c1-26-15-8-3-11(9-16(15)27-2)14-10-17(29-24-14)18(25)23-12-4-6-13(7-5-12)28-19(20,21)22/h3-9,17H,10H2,1-2H3,(H,23,25)/t17-/m0/s1. The molecule has 0 spiro atoms. The van der Waals surface area contributed by atoms with Gasteiger partial charge in [-0.3, -0.25) is 4.79 Å². The highest BCUT2D eigenvalue weighted by molar-refractivity contribution is 6.06. The molecule has 1 aliphatic heterocycles. The summed E-state index contributed by atoms with van der Waals surface area (Å²) in [6, 6.07) is 10.0. The summed E-state index contributed by atoms with van der Waals surface area (Å²) in [4.78, 5) is 17.6. The highest BCUT2D eigenvalue weighted by Crippen LogP contribution is 2.30. The number of halogens is 3. The van der Waals surface area contributed by atoms with Crippen LogP contribution in [0.3, 0.4) is 0 Å². The number of alkyl halides is 3. The van der Waals surface area contributed by atoms with Crippen molar-refractivity contribution in [2.24, 2.45) is 5.16 Å². The summed E-state index contributed by atoms with van der Waals surface area (Å²) >= 11 is 0. The van der Waals surface area contributed by atoms with Crippen molar-refractivity contribution < 1.29 is 37.0 Å². The predicted octanol–water partition coefficient (Wildman–Crippen LogP) is 3.73. The predicted molar refractivity (Wildman–Crippen MR) is 97.3 cm³/mol. The van der Waals surface area contributed by atoms with Crippen LogP contribution in [0, 0.1) is 0 Å². The van der Waals surface area contributed by atoms with Crippen LogP contribution in [0.1, 0.15) is 12.0 Å². The van der Waals surface area contributed by atoms with Gasteiger partial charge >= 0.3 is 6.36 Å². The maximum Gasteiger partial charge on any atom is 0.573 e. The van der Waals surface area contributed by atoms with E-state index in [9.17, 15) is 18.0 Å². The largest absolute Gasteiger partial charge is 0.573 e. The zero-order valence-electron chi connectivity index (χ0n) is 15.4. The molecular weight excluding hydrogens is 393 g/mol. The summed E-state index contributed by atoms with van der Waals surface area (Å²) in [5, 5.41) is 6.52. The number of nitrogens with zero attached hydrogens (tertiary/aromatic N) is 1. The summed E-state index contributed by atoms with van der Waals surface area (Å²) in [5.41, 5.74) is 1.57. The first-order valence-corrected chi connectivity index (χ1v) is 8.41. The van der Waals surface area contributed by atoms with Crippen molar-refractivity contribution in [1.82, 2.24) is 0 Å². The Balaban J connectivity index is 1.60. The average Bonchev–Trinajstić information content (AvgIpc) is 3.18. The van der Waals surface area contributed by atoms with Gasteiger partial charge in [0.1, 0.15) is 5.75 Å². The van der Waals surface area contributed by atoms with E-state index >= 15 is 0 Å². The van der Waals surface area contributed by atoms with Gasteiger partial charge in [-0.1, -0.05) is 5.16 Å². The maximum atomic E-state index is 12.4. The molecule has 0 aromatic heterocycles. The lowest BCUT2D eigenvalue weighted by Crippen LogP contribution is -2.28. The Kier molecular flexibility index (Phi) is 5.81. The first-order chi connectivity index (χ1) is 13.8. The second kappa shape index (κ2) is 8.29.